The Kier molecular flexibility index (Phi) is 3.58. The standard InChI is InChI=1S/C14H16N2O2/c1-9-6-12(10(8-15)7-14(17)18)11-4-2-3-5-13(11)16-9/h2-6,10H,7-8,15H2,1H3,(H,17,18). The molecule has 0 amide bonds. The molecule has 4 heteroatoms. The molecule has 0 saturated carbocycles. The molecule has 1 unspecified atom stereocenters. The Hall–Kier alpha value is -1.94. The number of carboxylic acid groups (broad SMARTS) is 1. The van der Waals surface area contributed by atoms with Crippen molar-refractivity contribution in [1.29, 1.82) is 0 Å². The van der Waals surface area contributed by atoms with Gasteiger partial charge in [0.15, 0.2) is 0 Å². The Morgan fingerprint density at radius 2 is 2.17 bits per heavy atom. The van der Waals surface area contributed by atoms with Crippen LogP contribution in [0.3, 0.4) is 0 Å². The molecule has 0 radical (unpaired) electrons. The van der Waals surface area contributed by atoms with Crippen LogP contribution in [0.2, 0.25) is 0 Å². The Morgan fingerprint density at radius 3 is 2.83 bits per heavy atom. The molecule has 0 spiro atoms. The normalized spacial score (nSPS) is 12.6. The highest BCUT2D eigenvalue weighted by molar-refractivity contribution is 5.83. The summed E-state index contributed by atoms with van der Waals surface area (Å²) >= 11 is 0. The Bertz CT molecular complexity index is 581. The lowest BCUT2D eigenvalue weighted by Crippen LogP contribution is -2.17. The van der Waals surface area contributed by atoms with Gasteiger partial charge in [-0.15, -0.1) is 0 Å². The van der Waals surface area contributed by atoms with E-state index in [0.717, 1.165) is 22.2 Å². The zero-order chi connectivity index (χ0) is 13.1. The molecule has 0 aliphatic carbocycles. The highest BCUT2D eigenvalue weighted by Gasteiger charge is 2.17. The van der Waals surface area contributed by atoms with Crippen LogP contribution in [0.15, 0.2) is 30.3 Å². The lowest BCUT2D eigenvalue weighted by Gasteiger charge is -2.16. The van der Waals surface area contributed by atoms with Crippen LogP contribution in [-0.2, 0) is 4.79 Å². The number of benzene rings is 1. The van der Waals surface area contributed by atoms with Gasteiger partial charge in [0, 0.05) is 17.0 Å². The van der Waals surface area contributed by atoms with Gasteiger partial charge in [0.1, 0.15) is 0 Å². The zero-order valence-electron chi connectivity index (χ0n) is 10.3. The fraction of sp³-hybridized carbons (Fsp3) is 0.286. The van der Waals surface area contributed by atoms with E-state index in [1.165, 1.54) is 0 Å². The summed E-state index contributed by atoms with van der Waals surface area (Å²) in [6.45, 7) is 2.23. The lowest BCUT2D eigenvalue weighted by atomic mass is 9.92. The molecule has 1 atom stereocenters. The number of aryl methyl sites for hydroxylation is 1. The molecule has 0 aliphatic rings. The topological polar surface area (TPSA) is 76.2 Å². The second-order valence-corrected chi connectivity index (χ2v) is 4.40. The summed E-state index contributed by atoms with van der Waals surface area (Å²) in [5.41, 5.74) is 8.45. The molecular weight excluding hydrogens is 228 g/mol. The maximum absolute atomic E-state index is 10.9. The van der Waals surface area contributed by atoms with Crippen LogP contribution in [0.1, 0.15) is 23.6 Å². The number of nitrogens with zero attached hydrogens (tertiary/aromatic N) is 1. The molecule has 1 aromatic heterocycles. The number of hydrogen-bond donors (Lipinski definition) is 2. The van der Waals surface area contributed by atoms with Crippen molar-refractivity contribution in [3.05, 3.63) is 41.6 Å². The number of hydrogen-bond acceptors (Lipinski definition) is 3. The average Bonchev–Trinajstić information content (AvgIpc) is 2.34. The molecule has 0 saturated heterocycles. The van der Waals surface area contributed by atoms with E-state index in [9.17, 15) is 4.79 Å². The third-order valence-corrected chi connectivity index (χ3v) is 3.02. The summed E-state index contributed by atoms with van der Waals surface area (Å²) < 4.78 is 0. The first-order valence-corrected chi connectivity index (χ1v) is 5.90. The summed E-state index contributed by atoms with van der Waals surface area (Å²) in [6, 6.07) is 9.68. The number of para-hydroxylation sites is 1. The van der Waals surface area contributed by atoms with E-state index in [2.05, 4.69) is 4.98 Å². The summed E-state index contributed by atoms with van der Waals surface area (Å²) in [7, 11) is 0. The van der Waals surface area contributed by atoms with Crippen LogP contribution >= 0.6 is 0 Å². The molecule has 0 fully saturated rings. The average molecular weight is 244 g/mol. The van der Waals surface area contributed by atoms with Gasteiger partial charge in [0.25, 0.3) is 0 Å². The van der Waals surface area contributed by atoms with Crippen molar-refractivity contribution < 1.29 is 9.90 Å². The van der Waals surface area contributed by atoms with Gasteiger partial charge in [0.2, 0.25) is 0 Å². The molecule has 2 rings (SSSR count). The number of nitrogens with two attached hydrogens (primary N) is 1. The van der Waals surface area contributed by atoms with E-state index < -0.39 is 5.97 Å². The summed E-state index contributed by atoms with van der Waals surface area (Å²) in [4.78, 5) is 15.3. The van der Waals surface area contributed by atoms with Crippen molar-refractivity contribution in [3.8, 4) is 0 Å². The first-order chi connectivity index (χ1) is 8.61. The van der Waals surface area contributed by atoms with E-state index in [-0.39, 0.29) is 12.3 Å². The maximum atomic E-state index is 10.9. The lowest BCUT2D eigenvalue weighted by molar-refractivity contribution is -0.137. The van der Waals surface area contributed by atoms with Crippen LogP contribution in [0.25, 0.3) is 10.9 Å². The van der Waals surface area contributed by atoms with Crippen molar-refractivity contribution in [1.82, 2.24) is 4.98 Å². The molecule has 2 aromatic rings. The highest BCUT2D eigenvalue weighted by Crippen LogP contribution is 2.27. The predicted molar refractivity (Wildman–Crippen MR) is 70.5 cm³/mol. The second-order valence-electron chi connectivity index (χ2n) is 4.40. The highest BCUT2D eigenvalue weighted by atomic mass is 16.4. The van der Waals surface area contributed by atoms with Crippen molar-refractivity contribution in [2.75, 3.05) is 6.54 Å². The first-order valence-electron chi connectivity index (χ1n) is 5.90. The molecule has 1 aromatic carbocycles. The maximum Gasteiger partial charge on any atom is 0.304 e. The smallest absolute Gasteiger partial charge is 0.304 e. The third kappa shape index (κ3) is 2.49. The third-order valence-electron chi connectivity index (χ3n) is 3.02. The SMILES string of the molecule is Cc1cc(C(CN)CC(=O)O)c2ccccc2n1. The molecule has 18 heavy (non-hydrogen) atoms. The number of carboxylic acids is 1. The molecule has 0 bridgehead atoms. The van der Waals surface area contributed by atoms with Crippen LogP contribution in [0, 0.1) is 6.92 Å². The summed E-state index contributed by atoms with van der Waals surface area (Å²) in [5, 5.41) is 9.93. The molecule has 3 N–H and O–H groups in total. The number of carbonyl (C=O) groups is 1. The Balaban J connectivity index is 2.57. The fourth-order valence-electron chi connectivity index (χ4n) is 2.21. The molecule has 0 aliphatic heterocycles. The van der Waals surface area contributed by atoms with Gasteiger partial charge >= 0.3 is 5.97 Å². The van der Waals surface area contributed by atoms with E-state index in [1.54, 1.807) is 0 Å². The largest absolute Gasteiger partial charge is 0.481 e. The molecular formula is C14H16N2O2. The van der Waals surface area contributed by atoms with Crippen LogP contribution in [0.4, 0.5) is 0 Å². The minimum absolute atomic E-state index is 0.0456. The van der Waals surface area contributed by atoms with Gasteiger partial charge < -0.3 is 10.8 Å². The monoisotopic (exact) mass is 244 g/mol. The zero-order valence-corrected chi connectivity index (χ0v) is 10.3. The van der Waals surface area contributed by atoms with Crippen LogP contribution in [-0.4, -0.2) is 22.6 Å². The number of fused-ring (bicyclic) bond motifs is 1. The minimum atomic E-state index is -0.830. The van der Waals surface area contributed by atoms with Gasteiger partial charge in [-0.2, -0.15) is 0 Å². The number of aliphatic carboxylic acids is 1. The van der Waals surface area contributed by atoms with Gasteiger partial charge in [-0.3, -0.25) is 9.78 Å². The summed E-state index contributed by atoms with van der Waals surface area (Å²) in [6.07, 6.45) is 0.0456. The van der Waals surface area contributed by atoms with Gasteiger partial charge in [-0.1, -0.05) is 18.2 Å². The number of aromatic nitrogens is 1. The minimum Gasteiger partial charge on any atom is -0.481 e. The van der Waals surface area contributed by atoms with Crippen molar-refractivity contribution in [2.24, 2.45) is 5.73 Å². The second kappa shape index (κ2) is 5.14. The van der Waals surface area contributed by atoms with Gasteiger partial charge in [-0.25, -0.2) is 0 Å². The van der Waals surface area contributed by atoms with E-state index in [1.807, 2.05) is 37.3 Å². The number of pyridine rings is 1. The van der Waals surface area contributed by atoms with E-state index in [0.29, 0.717) is 6.54 Å². The van der Waals surface area contributed by atoms with Crippen molar-refractivity contribution in [3.63, 3.8) is 0 Å². The summed E-state index contributed by atoms with van der Waals surface area (Å²) in [5.74, 6) is -1.00. The van der Waals surface area contributed by atoms with Crippen LogP contribution < -0.4 is 5.73 Å². The van der Waals surface area contributed by atoms with E-state index >= 15 is 0 Å². The predicted octanol–water partition coefficient (Wildman–Crippen LogP) is 2.06. The Morgan fingerprint density at radius 1 is 1.44 bits per heavy atom. The quantitative estimate of drug-likeness (QED) is 0.863. The van der Waals surface area contributed by atoms with Crippen molar-refractivity contribution in [2.45, 2.75) is 19.3 Å². The fourth-order valence-corrected chi connectivity index (χ4v) is 2.21. The van der Waals surface area contributed by atoms with Crippen molar-refractivity contribution >= 4 is 16.9 Å². The molecule has 94 valence electrons. The first kappa shape index (κ1) is 12.5. The van der Waals surface area contributed by atoms with Gasteiger partial charge in [-0.05, 0) is 31.2 Å². The van der Waals surface area contributed by atoms with Gasteiger partial charge in [0.05, 0.1) is 11.9 Å². The molecule has 1 heterocycles. The van der Waals surface area contributed by atoms with E-state index in [4.69, 9.17) is 10.8 Å². The van der Waals surface area contributed by atoms with Crippen LogP contribution in [0.5, 0.6) is 0 Å². The molecule has 4 nitrogen and oxygen atoms in total. The number of rotatable bonds is 4. The Labute approximate surface area is 105 Å².